The van der Waals surface area contributed by atoms with E-state index in [2.05, 4.69) is 16.9 Å². The quantitative estimate of drug-likeness (QED) is 0.786. The number of para-hydroxylation sites is 1. The molecule has 134 valence electrons. The average molecular weight is 386 g/mol. The van der Waals surface area contributed by atoms with Gasteiger partial charge in [-0.25, -0.2) is 4.99 Å². The maximum absolute atomic E-state index is 12.4. The fourth-order valence-electron chi connectivity index (χ4n) is 2.80. The first kappa shape index (κ1) is 18.5. The van der Waals surface area contributed by atoms with Gasteiger partial charge in [-0.15, -0.1) is 0 Å². The average Bonchev–Trinajstić information content (AvgIpc) is 2.60. The summed E-state index contributed by atoms with van der Waals surface area (Å²) >= 11 is 7.64. The molecule has 0 fully saturated rings. The zero-order valence-electron chi connectivity index (χ0n) is 15.0. The molecule has 2 aromatic carbocycles. The third-order valence-corrected chi connectivity index (χ3v) is 5.48. The van der Waals surface area contributed by atoms with Gasteiger partial charge in [0.2, 0.25) is 5.91 Å². The fraction of sp³-hybridized carbons (Fsp3) is 0.200. The number of amides is 1. The molecule has 0 unspecified atom stereocenters. The highest BCUT2D eigenvalue weighted by atomic mass is 35.5. The molecule has 0 saturated carbocycles. The van der Waals surface area contributed by atoms with Crippen LogP contribution in [0, 0.1) is 13.8 Å². The molecule has 1 amide bonds. The molecule has 1 heterocycles. The van der Waals surface area contributed by atoms with Crippen molar-refractivity contribution >= 4 is 51.5 Å². The van der Waals surface area contributed by atoms with Gasteiger partial charge in [-0.1, -0.05) is 54.2 Å². The summed E-state index contributed by atoms with van der Waals surface area (Å²) in [5.74, 6) is 0.117. The first-order valence-corrected chi connectivity index (χ1v) is 9.53. The van der Waals surface area contributed by atoms with Gasteiger partial charge in [0.05, 0.1) is 22.2 Å². The van der Waals surface area contributed by atoms with Crippen LogP contribution in [0.3, 0.4) is 0 Å². The van der Waals surface area contributed by atoms with E-state index in [4.69, 9.17) is 11.6 Å². The number of fused-ring (bicyclic) bond motifs is 1. The van der Waals surface area contributed by atoms with E-state index in [0.29, 0.717) is 10.7 Å². The Balaban J connectivity index is 1.71. The molecule has 3 rings (SSSR count). The van der Waals surface area contributed by atoms with Crippen molar-refractivity contribution in [3.8, 4) is 0 Å². The minimum atomic E-state index is -0.121. The number of hydrogen-bond donors (Lipinski definition) is 1. The first-order chi connectivity index (χ1) is 12.4. The van der Waals surface area contributed by atoms with Gasteiger partial charge in [-0.3, -0.25) is 4.79 Å². The number of aliphatic imine (C=N–C) groups is 1. The van der Waals surface area contributed by atoms with Crippen LogP contribution in [0.5, 0.6) is 0 Å². The Hall–Kier alpha value is -2.24. The van der Waals surface area contributed by atoms with Gasteiger partial charge in [-0.2, -0.15) is 0 Å². The number of anilines is 1. The second-order valence-electron chi connectivity index (χ2n) is 6.19. The molecule has 0 radical (unpaired) electrons. The van der Waals surface area contributed by atoms with Gasteiger partial charge in [0.1, 0.15) is 0 Å². The predicted octanol–water partition coefficient (Wildman–Crippen LogP) is 5.23. The second-order valence-corrected chi connectivity index (χ2v) is 7.54. The van der Waals surface area contributed by atoms with Crippen molar-refractivity contribution in [2.24, 2.45) is 4.99 Å². The fourth-order valence-corrected chi connectivity index (χ4v) is 3.97. The van der Waals surface area contributed by atoms with E-state index in [9.17, 15) is 4.79 Å². The minimum absolute atomic E-state index is 0.121. The third kappa shape index (κ3) is 3.79. The molecule has 0 saturated heterocycles. The number of halogens is 1. The Bertz CT molecular complexity index is 900. The molecular weight excluding hydrogens is 366 g/mol. The first-order valence-electron chi connectivity index (χ1n) is 8.17. The van der Waals surface area contributed by atoms with Crippen LogP contribution in [-0.4, -0.2) is 28.8 Å². The lowest BCUT2D eigenvalue weighted by Gasteiger charge is -2.28. The van der Waals surface area contributed by atoms with Gasteiger partial charge in [0, 0.05) is 18.3 Å². The van der Waals surface area contributed by atoms with Gasteiger partial charge in [-0.05, 0) is 37.1 Å². The lowest BCUT2D eigenvalue weighted by atomic mass is 10.1. The number of thioether (sulfide) groups is 1. The maximum Gasteiger partial charge on any atom is 0.234 e. The molecule has 1 N–H and O–H groups in total. The molecule has 4 nitrogen and oxygen atoms in total. The summed E-state index contributed by atoms with van der Waals surface area (Å²) in [5.41, 5.74) is 5.42. The Morgan fingerprint density at radius 3 is 2.77 bits per heavy atom. The van der Waals surface area contributed by atoms with Crippen molar-refractivity contribution in [1.82, 2.24) is 4.90 Å². The molecule has 0 aromatic heterocycles. The molecule has 0 spiro atoms. The Morgan fingerprint density at radius 2 is 2.04 bits per heavy atom. The largest absolute Gasteiger partial charge is 0.324 e. The van der Waals surface area contributed by atoms with Gasteiger partial charge in [0.25, 0.3) is 0 Å². The van der Waals surface area contributed by atoms with Crippen LogP contribution < -0.4 is 5.32 Å². The predicted molar refractivity (Wildman–Crippen MR) is 112 cm³/mol. The number of carbonyl (C=O) groups excluding carboxylic acids is 1. The van der Waals surface area contributed by atoms with E-state index in [1.807, 2.05) is 62.2 Å². The van der Waals surface area contributed by atoms with E-state index in [0.717, 1.165) is 33.2 Å². The van der Waals surface area contributed by atoms with Crippen LogP contribution in [0.4, 0.5) is 11.4 Å². The standard InChI is InChI=1S/C20H20ClN3OS/c1-12-9-13(2)19(16(21)10-12)23-18(25)11-26-20-22-17-8-6-5-7-15(17)14(3)24(20)4/h5-10H,3,11H2,1-2,4H3,(H,23,25). The van der Waals surface area contributed by atoms with Crippen molar-refractivity contribution in [2.75, 3.05) is 18.1 Å². The topological polar surface area (TPSA) is 44.7 Å². The number of nitrogens with one attached hydrogen (secondary N) is 1. The Labute approximate surface area is 163 Å². The molecular formula is C20H20ClN3OS. The van der Waals surface area contributed by atoms with Crippen LogP contribution in [-0.2, 0) is 4.79 Å². The van der Waals surface area contributed by atoms with Crippen molar-refractivity contribution in [2.45, 2.75) is 13.8 Å². The zero-order chi connectivity index (χ0) is 18.8. The van der Waals surface area contributed by atoms with Gasteiger partial charge < -0.3 is 10.2 Å². The molecule has 1 aliphatic rings. The summed E-state index contributed by atoms with van der Waals surface area (Å²) in [4.78, 5) is 18.9. The molecule has 2 aromatic rings. The van der Waals surface area contributed by atoms with E-state index in [1.165, 1.54) is 11.8 Å². The summed E-state index contributed by atoms with van der Waals surface area (Å²) in [7, 11) is 1.91. The van der Waals surface area contributed by atoms with Crippen molar-refractivity contribution in [3.63, 3.8) is 0 Å². The summed E-state index contributed by atoms with van der Waals surface area (Å²) in [5, 5.41) is 4.20. The number of benzene rings is 2. The normalized spacial score (nSPS) is 13.3. The SMILES string of the molecule is C=C1c2ccccc2N=C(SCC(=O)Nc2c(C)cc(C)cc2Cl)N1C. The minimum Gasteiger partial charge on any atom is -0.324 e. The number of amidine groups is 1. The Kier molecular flexibility index (Phi) is 5.39. The maximum atomic E-state index is 12.4. The summed E-state index contributed by atoms with van der Waals surface area (Å²) in [6.45, 7) is 8.03. The van der Waals surface area contributed by atoms with Crippen molar-refractivity contribution in [1.29, 1.82) is 0 Å². The molecule has 0 bridgehead atoms. The lowest BCUT2D eigenvalue weighted by Crippen LogP contribution is -2.27. The van der Waals surface area contributed by atoms with E-state index < -0.39 is 0 Å². The highest BCUT2D eigenvalue weighted by Crippen LogP contribution is 2.34. The summed E-state index contributed by atoms with van der Waals surface area (Å²) in [6.07, 6.45) is 0. The number of rotatable bonds is 3. The third-order valence-electron chi connectivity index (χ3n) is 4.15. The summed E-state index contributed by atoms with van der Waals surface area (Å²) < 4.78 is 0. The number of nitrogens with zero attached hydrogens (tertiary/aromatic N) is 2. The van der Waals surface area contributed by atoms with Crippen molar-refractivity contribution in [3.05, 3.63) is 64.7 Å². The summed E-state index contributed by atoms with van der Waals surface area (Å²) in [6, 6.07) is 11.7. The lowest BCUT2D eigenvalue weighted by molar-refractivity contribution is -0.113. The molecule has 0 atom stereocenters. The smallest absolute Gasteiger partial charge is 0.234 e. The second kappa shape index (κ2) is 7.56. The van der Waals surface area contributed by atoms with E-state index in [1.54, 1.807) is 0 Å². The van der Waals surface area contributed by atoms with Crippen molar-refractivity contribution < 1.29 is 4.79 Å². The molecule has 26 heavy (non-hydrogen) atoms. The van der Waals surface area contributed by atoms with Crippen LogP contribution in [0.15, 0.2) is 48.0 Å². The van der Waals surface area contributed by atoms with E-state index >= 15 is 0 Å². The van der Waals surface area contributed by atoms with Crippen LogP contribution in [0.25, 0.3) is 5.70 Å². The highest BCUT2D eigenvalue weighted by molar-refractivity contribution is 8.14. The van der Waals surface area contributed by atoms with Gasteiger partial charge >= 0.3 is 0 Å². The van der Waals surface area contributed by atoms with Crippen LogP contribution in [0.1, 0.15) is 16.7 Å². The molecule has 6 heteroatoms. The van der Waals surface area contributed by atoms with Crippen LogP contribution >= 0.6 is 23.4 Å². The number of hydrogen-bond acceptors (Lipinski definition) is 4. The number of aryl methyl sites for hydroxylation is 2. The van der Waals surface area contributed by atoms with Gasteiger partial charge in [0.15, 0.2) is 5.17 Å². The molecule has 1 aliphatic heterocycles. The van der Waals surface area contributed by atoms with E-state index in [-0.39, 0.29) is 11.7 Å². The van der Waals surface area contributed by atoms with Crippen LogP contribution in [0.2, 0.25) is 5.02 Å². The number of carbonyl (C=O) groups is 1. The molecule has 0 aliphatic carbocycles. The zero-order valence-corrected chi connectivity index (χ0v) is 16.5. The monoisotopic (exact) mass is 385 g/mol. The Morgan fingerprint density at radius 1 is 1.31 bits per heavy atom. The highest BCUT2D eigenvalue weighted by Gasteiger charge is 2.21.